The number of aliphatic hydroxyl groups excluding tert-OH is 1. The molecule has 1 saturated heterocycles. The Morgan fingerprint density at radius 3 is 2.81 bits per heavy atom. The molecule has 1 heterocycles. The standard InChI is InChI=1S/C14H18FN3O3/c1-8(19)18-10-2-3-12(15)11(4-10)14(21)17-6-9-5-16-7-13(9)20/h2-4,9,13,16,20H,5-7H2,1H3,(H,17,21)(H,18,19). The van der Waals surface area contributed by atoms with Crippen LogP contribution in [0.3, 0.4) is 0 Å². The van der Waals surface area contributed by atoms with Gasteiger partial charge in [-0.15, -0.1) is 0 Å². The molecule has 21 heavy (non-hydrogen) atoms. The second-order valence-electron chi connectivity index (χ2n) is 5.07. The highest BCUT2D eigenvalue weighted by atomic mass is 19.1. The fraction of sp³-hybridized carbons (Fsp3) is 0.429. The molecule has 2 rings (SSSR count). The zero-order valence-corrected chi connectivity index (χ0v) is 11.6. The van der Waals surface area contributed by atoms with Crippen LogP contribution < -0.4 is 16.0 Å². The minimum atomic E-state index is -0.660. The molecule has 1 aromatic carbocycles. The first-order valence-electron chi connectivity index (χ1n) is 6.71. The molecular weight excluding hydrogens is 277 g/mol. The number of rotatable bonds is 4. The van der Waals surface area contributed by atoms with E-state index in [-0.39, 0.29) is 23.9 Å². The van der Waals surface area contributed by atoms with Gasteiger partial charge in [0.15, 0.2) is 0 Å². The number of anilines is 1. The summed E-state index contributed by atoms with van der Waals surface area (Å²) in [6.45, 7) is 2.69. The van der Waals surface area contributed by atoms with Crippen molar-refractivity contribution in [2.75, 3.05) is 25.0 Å². The van der Waals surface area contributed by atoms with Crippen molar-refractivity contribution in [1.29, 1.82) is 0 Å². The number of hydrogen-bond donors (Lipinski definition) is 4. The Kier molecular flexibility index (Phi) is 4.87. The van der Waals surface area contributed by atoms with Crippen molar-refractivity contribution in [3.8, 4) is 0 Å². The minimum absolute atomic E-state index is 0.0875. The van der Waals surface area contributed by atoms with E-state index in [9.17, 15) is 19.1 Å². The number of carbonyl (C=O) groups is 2. The third-order valence-corrected chi connectivity index (χ3v) is 3.36. The van der Waals surface area contributed by atoms with E-state index in [1.54, 1.807) is 0 Å². The summed E-state index contributed by atoms with van der Waals surface area (Å²) in [4.78, 5) is 23.0. The topological polar surface area (TPSA) is 90.5 Å². The monoisotopic (exact) mass is 295 g/mol. The highest BCUT2D eigenvalue weighted by molar-refractivity contribution is 5.97. The molecular formula is C14H18FN3O3. The van der Waals surface area contributed by atoms with Gasteiger partial charge in [-0.2, -0.15) is 0 Å². The van der Waals surface area contributed by atoms with Gasteiger partial charge in [-0.05, 0) is 18.2 Å². The maximum Gasteiger partial charge on any atom is 0.254 e. The average Bonchev–Trinajstić information content (AvgIpc) is 2.83. The molecule has 0 radical (unpaired) electrons. The van der Waals surface area contributed by atoms with Crippen LogP contribution in [0.1, 0.15) is 17.3 Å². The van der Waals surface area contributed by atoms with Gasteiger partial charge in [0.1, 0.15) is 5.82 Å². The van der Waals surface area contributed by atoms with Crippen LogP contribution in [0.5, 0.6) is 0 Å². The number of β-amino-alcohol motifs (C(OH)–C–C–N with tert-alkyl or cyclic N) is 1. The number of hydrogen-bond acceptors (Lipinski definition) is 4. The van der Waals surface area contributed by atoms with E-state index in [0.717, 1.165) is 6.07 Å². The molecule has 1 aliphatic heterocycles. The van der Waals surface area contributed by atoms with Crippen molar-refractivity contribution in [2.45, 2.75) is 13.0 Å². The molecule has 0 saturated carbocycles. The summed E-state index contributed by atoms with van der Waals surface area (Å²) >= 11 is 0. The Bertz CT molecular complexity index is 550. The van der Waals surface area contributed by atoms with Gasteiger partial charge in [0, 0.05) is 38.2 Å². The molecule has 0 spiro atoms. The van der Waals surface area contributed by atoms with Gasteiger partial charge in [-0.3, -0.25) is 9.59 Å². The Morgan fingerprint density at radius 2 is 2.19 bits per heavy atom. The third kappa shape index (κ3) is 3.99. The fourth-order valence-corrected chi connectivity index (χ4v) is 2.23. The molecule has 1 fully saturated rings. The van der Waals surface area contributed by atoms with Gasteiger partial charge in [0.05, 0.1) is 11.7 Å². The molecule has 0 bridgehead atoms. The van der Waals surface area contributed by atoms with Gasteiger partial charge < -0.3 is 21.1 Å². The quantitative estimate of drug-likeness (QED) is 0.634. The molecule has 1 aromatic rings. The zero-order valence-electron chi connectivity index (χ0n) is 11.6. The Balaban J connectivity index is 2.02. The lowest BCUT2D eigenvalue weighted by atomic mass is 10.1. The van der Waals surface area contributed by atoms with Gasteiger partial charge in [0.25, 0.3) is 5.91 Å². The number of benzene rings is 1. The smallest absolute Gasteiger partial charge is 0.254 e. The van der Waals surface area contributed by atoms with Crippen LogP contribution in [0.25, 0.3) is 0 Å². The molecule has 0 aliphatic carbocycles. The summed E-state index contributed by atoms with van der Waals surface area (Å²) in [5.74, 6) is -1.62. The minimum Gasteiger partial charge on any atom is -0.391 e. The van der Waals surface area contributed by atoms with Gasteiger partial charge >= 0.3 is 0 Å². The maximum atomic E-state index is 13.7. The molecule has 7 heteroatoms. The predicted octanol–water partition coefficient (Wildman–Crippen LogP) is 0.0942. The van der Waals surface area contributed by atoms with E-state index in [0.29, 0.717) is 18.8 Å². The average molecular weight is 295 g/mol. The largest absolute Gasteiger partial charge is 0.391 e. The highest BCUT2D eigenvalue weighted by Gasteiger charge is 2.25. The van der Waals surface area contributed by atoms with E-state index in [1.807, 2.05) is 0 Å². The number of nitrogens with one attached hydrogen (secondary N) is 3. The van der Waals surface area contributed by atoms with Crippen molar-refractivity contribution >= 4 is 17.5 Å². The summed E-state index contributed by atoms with van der Waals surface area (Å²) in [5, 5.41) is 17.7. The lowest BCUT2D eigenvalue weighted by Crippen LogP contribution is -2.34. The Labute approximate surface area is 121 Å². The predicted molar refractivity (Wildman–Crippen MR) is 75.4 cm³/mol. The summed E-state index contributed by atoms with van der Waals surface area (Å²) in [5.41, 5.74) is 0.221. The lowest BCUT2D eigenvalue weighted by Gasteiger charge is -2.14. The summed E-state index contributed by atoms with van der Waals surface area (Å²) < 4.78 is 13.7. The van der Waals surface area contributed by atoms with Crippen LogP contribution in [0, 0.1) is 11.7 Å². The normalized spacial score (nSPS) is 21.1. The van der Waals surface area contributed by atoms with Crippen LogP contribution >= 0.6 is 0 Å². The Hall–Kier alpha value is -1.99. The van der Waals surface area contributed by atoms with E-state index in [1.165, 1.54) is 19.1 Å². The van der Waals surface area contributed by atoms with E-state index < -0.39 is 17.8 Å². The van der Waals surface area contributed by atoms with Crippen LogP contribution in [0.4, 0.5) is 10.1 Å². The first-order chi connectivity index (χ1) is 9.97. The molecule has 114 valence electrons. The Morgan fingerprint density at radius 1 is 1.43 bits per heavy atom. The van der Waals surface area contributed by atoms with E-state index in [4.69, 9.17) is 0 Å². The van der Waals surface area contributed by atoms with E-state index >= 15 is 0 Å². The van der Waals surface area contributed by atoms with Crippen molar-refractivity contribution in [2.24, 2.45) is 5.92 Å². The second-order valence-corrected chi connectivity index (χ2v) is 5.07. The van der Waals surface area contributed by atoms with Gasteiger partial charge in [-0.1, -0.05) is 0 Å². The highest BCUT2D eigenvalue weighted by Crippen LogP contribution is 2.15. The molecule has 2 atom stereocenters. The summed E-state index contributed by atoms with van der Waals surface area (Å²) in [6.07, 6.45) is -0.513. The summed E-state index contributed by atoms with van der Waals surface area (Å²) in [7, 11) is 0. The van der Waals surface area contributed by atoms with Crippen LogP contribution in [-0.2, 0) is 4.79 Å². The molecule has 0 aromatic heterocycles. The molecule has 4 N–H and O–H groups in total. The number of halogens is 1. The van der Waals surface area contributed by atoms with Crippen molar-refractivity contribution < 1.29 is 19.1 Å². The van der Waals surface area contributed by atoms with Crippen molar-refractivity contribution in [1.82, 2.24) is 10.6 Å². The first kappa shape index (κ1) is 15.4. The number of carbonyl (C=O) groups excluding carboxylic acids is 2. The number of aliphatic hydroxyl groups is 1. The number of amides is 2. The van der Waals surface area contributed by atoms with Crippen LogP contribution in [0.2, 0.25) is 0 Å². The third-order valence-electron chi connectivity index (χ3n) is 3.36. The second kappa shape index (κ2) is 6.64. The van der Waals surface area contributed by atoms with Gasteiger partial charge in [0.2, 0.25) is 5.91 Å². The molecule has 2 unspecified atom stereocenters. The summed E-state index contributed by atoms with van der Waals surface area (Å²) in [6, 6.07) is 3.81. The van der Waals surface area contributed by atoms with E-state index in [2.05, 4.69) is 16.0 Å². The fourth-order valence-electron chi connectivity index (χ4n) is 2.23. The van der Waals surface area contributed by atoms with Crippen molar-refractivity contribution in [3.63, 3.8) is 0 Å². The lowest BCUT2D eigenvalue weighted by molar-refractivity contribution is -0.114. The maximum absolute atomic E-state index is 13.7. The SMILES string of the molecule is CC(=O)Nc1ccc(F)c(C(=O)NCC2CNCC2O)c1. The molecule has 6 nitrogen and oxygen atoms in total. The molecule has 1 aliphatic rings. The zero-order chi connectivity index (χ0) is 15.4. The van der Waals surface area contributed by atoms with Crippen LogP contribution in [0.15, 0.2) is 18.2 Å². The first-order valence-corrected chi connectivity index (χ1v) is 6.71. The van der Waals surface area contributed by atoms with Crippen LogP contribution in [-0.4, -0.2) is 42.7 Å². The van der Waals surface area contributed by atoms with Crippen molar-refractivity contribution in [3.05, 3.63) is 29.6 Å². The molecule has 2 amide bonds. The van der Waals surface area contributed by atoms with Gasteiger partial charge in [-0.25, -0.2) is 4.39 Å².